The lowest BCUT2D eigenvalue weighted by Crippen LogP contribution is -2.57. The van der Waals surface area contributed by atoms with Crippen LogP contribution in [0, 0.1) is 27.7 Å². The minimum Gasteiger partial charge on any atom is -0.399 e. The molecule has 83 heavy (non-hydrogen) atoms. The first kappa shape index (κ1) is 70.0. The number of aryl methyl sites for hydroxylation is 7. The fraction of sp³-hybridized carbons (Fsp3) is 0.524. The molecule has 1 fully saturated rings. The monoisotopic (exact) mass is 1180 g/mol. The molecule has 5 aromatic rings. The van der Waals surface area contributed by atoms with E-state index >= 15 is 0 Å². The van der Waals surface area contributed by atoms with Gasteiger partial charge in [0.1, 0.15) is 0 Å². The summed E-state index contributed by atoms with van der Waals surface area (Å²) in [7, 11) is -0.509. The summed E-state index contributed by atoms with van der Waals surface area (Å²) < 4.78 is 170. The molecule has 456 valence electrons. The van der Waals surface area contributed by atoms with E-state index in [0.29, 0.717) is 22.3 Å². The summed E-state index contributed by atoms with van der Waals surface area (Å²) in [6, 6.07) is 26.9. The Morgan fingerprint density at radius 1 is 0.494 bits per heavy atom. The SMILES string of the molecule is CCC(CC)(c1ccc(CCC(O)(C(F)(F)F)C(F)(F)F)c(C)c1)c1ccc(B2OC(C)(C)C(C)(C)O2)c(C)c1.CCCc1ccc(-c2ccc(C(CC)(CC)c3ccc(CCC(O)(C(F)(F)F)C(F)(F)F)c(C)c3)cc2C)nc1.O=C=O. The number of hydrogen-bond acceptors (Lipinski definition) is 7. The van der Waals surface area contributed by atoms with E-state index in [4.69, 9.17) is 18.9 Å². The lowest BCUT2D eigenvalue weighted by atomic mass is 9.67. The van der Waals surface area contributed by atoms with Crippen LogP contribution in [0.25, 0.3) is 11.3 Å². The normalized spacial score (nSPS) is 15.0. The molecule has 7 nitrogen and oxygen atoms in total. The number of aromatic nitrogens is 1. The Kier molecular flexibility index (Phi) is 22.2. The van der Waals surface area contributed by atoms with Crippen LogP contribution in [-0.4, -0.2) is 75.6 Å². The molecule has 0 unspecified atom stereocenters. The van der Waals surface area contributed by atoms with Gasteiger partial charge in [-0.2, -0.15) is 62.3 Å². The smallest absolute Gasteiger partial charge is 0.399 e. The highest BCUT2D eigenvalue weighted by molar-refractivity contribution is 6.62. The summed E-state index contributed by atoms with van der Waals surface area (Å²) in [6.07, 6.45) is -20.3. The largest absolute Gasteiger partial charge is 0.495 e. The van der Waals surface area contributed by atoms with E-state index in [0.717, 1.165) is 88.6 Å². The molecule has 6 rings (SSSR count). The summed E-state index contributed by atoms with van der Waals surface area (Å²) in [5, 5.41) is 19.1. The molecular weight excluding hydrogens is 1110 g/mol. The third kappa shape index (κ3) is 14.6. The maximum absolute atomic E-state index is 13.2. The summed E-state index contributed by atoms with van der Waals surface area (Å²) >= 11 is 0. The van der Waals surface area contributed by atoms with E-state index in [1.54, 1.807) is 38.1 Å². The fourth-order valence-electron chi connectivity index (χ4n) is 11.0. The van der Waals surface area contributed by atoms with Gasteiger partial charge in [-0.25, -0.2) is 0 Å². The van der Waals surface area contributed by atoms with Crippen molar-refractivity contribution in [3.63, 3.8) is 0 Å². The molecule has 0 bridgehead atoms. The first-order valence-electron chi connectivity index (χ1n) is 27.6. The summed E-state index contributed by atoms with van der Waals surface area (Å²) in [6.45, 7) is 25.7. The van der Waals surface area contributed by atoms with Gasteiger partial charge in [0.15, 0.2) is 0 Å². The van der Waals surface area contributed by atoms with Gasteiger partial charge < -0.3 is 19.5 Å². The minimum absolute atomic E-state index is 0.250. The van der Waals surface area contributed by atoms with Crippen LogP contribution in [0.2, 0.25) is 0 Å². The Morgan fingerprint density at radius 3 is 1.14 bits per heavy atom. The Morgan fingerprint density at radius 2 is 0.843 bits per heavy atom. The van der Waals surface area contributed by atoms with Gasteiger partial charge in [-0.3, -0.25) is 4.98 Å². The van der Waals surface area contributed by atoms with Crippen molar-refractivity contribution >= 4 is 18.7 Å². The second-order valence-electron chi connectivity index (χ2n) is 22.6. The van der Waals surface area contributed by atoms with E-state index in [2.05, 4.69) is 69.9 Å². The standard InChI is InChI=1S/C32H37F6NO.C30H39BF6O3.CO2/c1-6-9-23-10-15-28(39-20-23)27-14-13-26(19-22(27)5)29(7-2,8-3)25-12-11-24(21(4)18-25)16-17-30(40,31(33,34)35)32(36,37)38;1-9-27(10-2,23-13-14-24(20(4)18-23)31-39-25(5,6)26(7,8)40-31)22-12-11-21(19(3)17-22)15-16-28(38,29(32,33)34)30(35,36)37;2-1-3/h10-15,18-20,40H,6-9,16-17H2,1-5H3;11-14,17-18,38H,9-10,15-16H2,1-8H3;. The van der Waals surface area contributed by atoms with Crippen molar-refractivity contribution in [2.45, 2.75) is 212 Å². The Balaban J connectivity index is 0.000000340. The molecule has 4 aromatic carbocycles. The highest BCUT2D eigenvalue weighted by Crippen LogP contribution is 2.49. The van der Waals surface area contributed by atoms with Crippen molar-refractivity contribution in [2.24, 2.45) is 0 Å². The third-order valence-electron chi connectivity index (χ3n) is 17.3. The van der Waals surface area contributed by atoms with Gasteiger partial charge in [0.05, 0.1) is 16.9 Å². The van der Waals surface area contributed by atoms with E-state index in [9.17, 15) is 62.9 Å². The van der Waals surface area contributed by atoms with E-state index in [1.807, 2.05) is 78.1 Å². The van der Waals surface area contributed by atoms with Gasteiger partial charge in [0, 0.05) is 22.6 Å². The van der Waals surface area contributed by atoms with E-state index in [-0.39, 0.29) is 6.15 Å². The second-order valence-corrected chi connectivity index (χ2v) is 22.6. The first-order valence-corrected chi connectivity index (χ1v) is 27.6. The number of rotatable bonds is 18. The predicted molar refractivity (Wildman–Crippen MR) is 296 cm³/mol. The number of alkyl halides is 12. The van der Waals surface area contributed by atoms with Crippen molar-refractivity contribution in [2.75, 3.05) is 0 Å². The Hall–Kier alpha value is -5.53. The van der Waals surface area contributed by atoms with Crippen LogP contribution in [0.3, 0.4) is 0 Å². The molecule has 1 saturated heterocycles. The molecule has 0 atom stereocenters. The van der Waals surface area contributed by atoms with E-state index < -0.39 is 90.7 Å². The van der Waals surface area contributed by atoms with Crippen molar-refractivity contribution in [1.29, 1.82) is 0 Å². The van der Waals surface area contributed by atoms with Gasteiger partial charge in [-0.05, 0) is 180 Å². The van der Waals surface area contributed by atoms with Crippen LogP contribution >= 0.6 is 0 Å². The summed E-state index contributed by atoms with van der Waals surface area (Å²) in [5.41, 5.74) is 0.585. The van der Waals surface area contributed by atoms with Gasteiger partial charge in [0.2, 0.25) is 0 Å². The zero-order valence-corrected chi connectivity index (χ0v) is 49.3. The number of aliphatic hydroxyl groups is 2. The second kappa shape index (κ2) is 26.4. The molecule has 0 amide bonds. The minimum atomic E-state index is -5.83. The maximum atomic E-state index is 13.2. The van der Waals surface area contributed by atoms with E-state index in [1.165, 1.54) is 5.56 Å². The zero-order chi connectivity index (χ0) is 63.2. The predicted octanol–water partition coefficient (Wildman–Crippen LogP) is 16.1. The van der Waals surface area contributed by atoms with Gasteiger partial charge >= 0.3 is 38.0 Å². The molecule has 0 saturated carbocycles. The number of nitrogens with zero attached hydrogens (tertiary/aromatic N) is 1. The molecule has 0 aliphatic carbocycles. The first-order chi connectivity index (χ1) is 38.2. The van der Waals surface area contributed by atoms with Crippen molar-refractivity contribution in [3.8, 4) is 11.3 Å². The molecule has 2 heterocycles. The fourth-order valence-corrected chi connectivity index (χ4v) is 11.0. The number of benzene rings is 4. The summed E-state index contributed by atoms with van der Waals surface area (Å²) in [5.74, 6) is 0. The highest BCUT2D eigenvalue weighted by Gasteiger charge is 2.70. The molecule has 2 N–H and O–H groups in total. The molecule has 20 heteroatoms. The van der Waals surface area contributed by atoms with Crippen LogP contribution in [0.15, 0.2) is 91.1 Å². The molecule has 1 aliphatic rings. The quantitative estimate of drug-likeness (QED) is 0.0665. The molecular formula is C63H76BF12NO6. The van der Waals surface area contributed by atoms with Gasteiger partial charge in [-0.1, -0.05) is 125 Å². The van der Waals surface area contributed by atoms with Crippen LogP contribution < -0.4 is 5.46 Å². The summed E-state index contributed by atoms with van der Waals surface area (Å²) in [4.78, 5) is 20.9. The Bertz CT molecular complexity index is 2960. The Labute approximate surface area is 479 Å². The number of carbonyl (C=O) groups excluding carboxylic acids is 2. The average Bonchev–Trinajstić information content (AvgIpc) is 3.77. The van der Waals surface area contributed by atoms with Crippen LogP contribution in [-0.2, 0) is 49.0 Å². The van der Waals surface area contributed by atoms with Crippen molar-refractivity contribution in [3.05, 3.63) is 152 Å². The van der Waals surface area contributed by atoms with Crippen LogP contribution in [0.1, 0.15) is 168 Å². The lowest BCUT2D eigenvalue weighted by Gasteiger charge is -2.35. The molecule has 1 aromatic heterocycles. The maximum Gasteiger partial charge on any atom is 0.495 e. The number of pyridine rings is 1. The molecule has 0 spiro atoms. The number of hydrogen-bond donors (Lipinski definition) is 2. The van der Waals surface area contributed by atoms with Gasteiger partial charge in [-0.15, -0.1) is 0 Å². The molecule has 0 radical (unpaired) electrons. The lowest BCUT2D eigenvalue weighted by molar-refractivity contribution is -0.370. The zero-order valence-electron chi connectivity index (χ0n) is 49.3. The van der Waals surface area contributed by atoms with Crippen LogP contribution in [0.4, 0.5) is 52.7 Å². The van der Waals surface area contributed by atoms with Gasteiger partial charge in [0.25, 0.3) is 11.2 Å². The van der Waals surface area contributed by atoms with Crippen LogP contribution in [0.5, 0.6) is 0 Å². The number of halogens is 12. The average molecular weight is 1180 g/mol. The third-order valence-corrected chi connectivity index (χ3v) is 17.3. The topological polar surface area (TPSA) is 106 Å². The molecule has 1 aliphatic heterocycles. The highest BCUT2D eigenvalue weighted by atomic mass is 19.4. The van der Waals surface area contributed by atoms with Crippen molar-refractivity contribution < 1.29 is 81.8 Å². The van der Waals surface area contributed by atoms with Crippen molar-refractivity contribution in [1.82, 2.24) is 4.98 Å².